The average Bonchev–Trinajstić information content (AvgIpc) is 3.40. The third kappa shape index (κ3) is 3.57. The highest BCUT2D eigenvalue weighted by molar-refractivity contribution is 7.89. The molecule has 0 N–H and O–H groups in total. The van der Waals surface area contributed by atoms with Crippen molar-refractivity contribution in [3.8, 4) is 16.5 Å². The lowest BCUT2D eigenvalue weighted by atomic mass is 10.00. The molecule has 1 atom stereocenters. The first-order valence-corrected chi connectivity index (χ1v) is 11.3. The second kappa shape index (κ2) is 7.65. The second-order valence-corrected chi connectivity index (χ2v) is 9.63. The van der Waals surface area contributed by atoms with Gasteiger partial charge < -0.3 is 9.15 Å². The van der Waals surface area contributed by atoms with E-state index in [9.17, 15) is 8.42 Å². The summed E-state index contributed by atoms with van der Waals surface area (Å²) in [4.78, 5) is 1.10. The Balaban J connectivity index is 1.59. The normalized spacial score (nSPS) is 18.3. The maximum atomic E-state index is 13.3. The van der Waals surface area contributed by atoms with Crippen LogP contribution in [0, 0.1) is 6.92 Å². The van der Waals surface area contributed by atoms with Gasteiger partial charge in [0.05, 0.1) is 17.9 Å². The summed E-state index contributed by atoms with van der Waals surface area (Å²) in [6.07, 6.45) is 1.54. The first-order valence-electron chi connectivity index (χ1n) is 9.01. The van der Waals surface area contributed by atoms with Crippen molar-refractivity contribution in [2.75, 3.05) is 20.2 Å². The summed E-state index contributed by atoms with van der Waals surface area (Å²) in [5, 5.41) is 10.2. The third-order valence-electron chi connectivity index (χ3n) is 4.84. The Bertz CT molecular complexity index is 1060. The van der Waals surface area contributed by atoms with Crippen molar-refractivity contribution in [2.24, 2.45) is 0 Å². The summed E-state index contributed by atoms with van der Waals surface area (Å²) in [7, 11) is -2.20. The van der Waals surface area contributed by atoms with E-state index >= 15 is 0 Å². The van der Waals surface area contributed by atoms with Crippen molar-refractivity contribution in [2.45, 2.75) is 30.6 Å². The molecule has 1 fully saturated rings. The smallest absolute Gasteiger partial charge is 0.257 e. The van der Waals surface area contributed by atoms with Crippen LogP contribution in [0.5, 0.6) is 5.75 Å². The minimum absolute atomic E-state index is 0.124. The molecule has 0 spiro atoms. The summed E-state index contributed by atoms with van der Waals surface area (Å²) < 4.78 is 39.2. The SMILES string of the molecule is COc1ccc(C)cc1S(=O)(=O)N1CCCC(c2nnc(-c3cccs3)o2)C1. The number of methoxy groups -OCH3 is 1. The summed E-state index contributed by atoms with van der Waals surface area (Å²) >= 11 is 1.53. The van der Waals surface area contributed by atoms with Crippen molar-refractivity contribution in [1.82, 2.24) is 14.5 Å². The van der Waals surface area contributed by atoms with E-state index in [0.29, 0.717) is 30.6 Å². The molecule has 1 saturated heterocycles. The fourth-order valence-electron chi connectivity index (χ4n) is 3.39. The Hall–Kier alpha value is -2.23. The van der Waals surface area contributed by atoms with Crippen LogP contribution in [0.15, 0.2) is 45.0 Å². The Morgan fingerprint density at radius 3 is 2.89 bits per heavy atom. The van der Waals surface area contributed by atoms with E-state index in [0.717, 1.165) is 23.3 Å². The molecule has 4 rings (SSSR count). The summed E-state index contributed by atoms with van der Waals surface area (Å²) in [5.74, 6) is 1.19. The van der Waals surface area contributed by atoms with Crippen molar-refractivity contribution in [3.05, 3.63) is 47.2 Å². The van der Waals surface area contributed by atoms with Crippen molar-refractivity contribution < 1.29 is 17.6 Å². The summed E-state index contributed by atoms with van der Waals surface area (Å²) in [6.45, 7) is 2.63. The molecule has 28 heavy (non-hydrogen) atoms. The zero-order valence-electron chi connectivity index (χ0n) is 15.7. The van der Waals surface area contributed by atoms with Gasteiger partial charge in [-0.1, -0.05) is 12.1 Å². The Morgan fingerprint density at radius 1 is 1.29 bits per heavy atom. The minimum atomic E-state index is -3.68. The van der Waals surface area contributed by atoms with Gasteiger partial charge in [0.15, 0.2) is 0 Å². The van der Waals surface area contributed by atoms with Crippen LogP contribution in [-0.4, -0.2) is 43.1 Å². The topological polar surface area (TPSA) is 85.5 Å². The number of aromatic nitrogens is 2. The molecule has 9 heteroatoms. The molecule has 3 aromatic rings. The highest BCUT2D eigenvalue weighted by atomic mass is 32.2. The minimum Gasteiger partial charge on any atom is -0.495 e. The van der Waals surface area contributed by atoms with Crippen LogP contribution in [0.1, 0.15) is 30.2 Å². The molecule has 0 radical (unpaired) electrons. The number of benzene rings is 1. The lowest BCUT2D eigenvalue weighted by Gasteiger charge is -2.30. The van der Waals surface area contributed by atoms with Gasteiger partial charge in [-0.25, -0.2) is 8.42 Å². The van der Waals surface area contributed by atoms with Gasteiger partial charge in [0.25, 0.3) is 5.89 Å². The molecule has 1 aliphatic heterocycles. The molecule has 0 saturated carbocycles. The Labute approximate surface area is 168 Å². The molecule has 0 bridgehead atoms. The van der Waals surface area contributed by atoms with Crippen LogP contribution in [0.25, 0.3) is 10.8 Å². The van der Waals surface area contributed by atoms with E-state index in [1.54, 1.807) is 12.1 Å². The fourth-order valence-corrected chi connectivity index (χ4v) is 5.79. The highest BCUT2D eigenvalue weighted by Crippen LogP contribution is 2.34. The van der Waals surface area contributed by atoms with E-state index < -0.39 is 10.0 Å². The molecule has 2 aromatic heterocycles. The van der Waals surface area contributed by atoms with Crippen molar-refractivity contribution in [3.63, 3.8) is 0 Å². The number of ether oxygens (including phenoxy) is 1. The van der Waals surface area contributed by atoms with E-state index in [1.165, 1.54) is 22.8 Å². The number of nitrogens with zero attached hydrogens (tertiary/aromatic N) is 3. The van der Waals surface area contributed by atoms with Crippen LogP contribution >= 0.6 is 11.3 Å². The van der Waals surface area contributed by atoms with Gasteiger partial charge in [-0.2, -0.15) is 4.31 Å². The molecule has 0 amide bonds. The van der Waals surface area contributed by atoms with Gasteiger partial charge >= 0.3 is 0 Å². The number of hydrogen-bond donors (Lipinski definition) is 0. The number of thiophene rings is 1. The van der Waals surface area contributed by atoms with E-state index in [-0.39, 0.29) is 10.8 Å². The zero-order valence-corrected chi connectivity index (χ0v) is 17.3. The van der Waals surface area contributed by atoms with Gasteiger partial charge in [-0.05, 0) is 48.9 Å². The van der Waals surface area contributed by atoms with Crippen LogP contribution in [0.3, 0.4) is 0 Å². The standard InChI is InChI=1S/C19H21N3O4S2/c1-13-7-8-15(25-2)17(11-13)28(23,24)22-9-3-5-14(12-22)18-20-21-19(26-18)16-6-4-10-27-16/h4,6-8,10-11,14H,3,5,9,12H2,1-2H3. The van der Waals surface area contributed by atoms with Gasteiger partial charge in [0.2, 0.25) is 15.9 Å². The van der Waals surface area contributed by atoms with Gasteiger partial charge in [-0.15, -0.1) is 21.5 Å². The van der Waals surface area contributed by atoms with Gasteiger partial charge in [0, 0.05) is 13.1 Å². The number of aryl methyl sites for hydroxylation is 1. The third-order valence-corrected chi connectivity index (χ3v) is 7.59. The molecule has 1 aliphatic rings. The largest absolute Gasteiger partial charge is 0.495 e. The van der Waals surface area contributed by atoms with Crippen LogP contribution < -0.4 is 4.74 Å². The number of piperidine rings is 1. The number of hydrogen-bond acceptors (Lipinski definition) is 7. The molecular formula is C19H21N3O4S2. The van der Waals surface area contributed by atoms with E-state index in [1.807, 2.05) is 30.5 Å². The molecule has 3 heterocycles. The first-order chi connectivity index (χ1) is 13.5. The van der Waals surface area contributed by atoms with Crippen molar-refractivity contribution >= 4 is 21.4 Å². The maximum Gasteiger partial charge on any atom is 0.257 e. The predicted octanol–water partition coefficient (Wildman–Crippen LogP) is 3.68. The number of sulfonamides is 1. The lowest BCUT2D eigenvalue weighted by molar-refractivity contribution is 0.285. The Morgan fingerprint density at radius 2 is 2.14 bits per heavy atom. The van der Waals surface area contributed by atoms with Gasteiger partial charge in [0.1, 0.15) is 10.6 Å². The molecule has 7 nitrogen and oxygen atoms in total. The number of rotatable bonds is 5. The van der Waals surface area contributed by atoms with E-state index in [2.05, 4.69) is 10.2 Å². The summed E-state index contributed by atoms with van der Waals surface area (Å²) in [6, 6.07) is 9.02. The average molecular weight is 420 g/mol. The predicted molar refractivity (Wildman–Crippen MR) is 106 cm³/mol. The monoisotopic (exact) mass is 419 g/mol. The fraction of sp³-hybridized carbons (Fsp3) is 0.368. The van der Waals surface area contributed by atoms with E-state index in [4.69, 9.17) is 9.15 Å². The maximum absolute atomic E-state index is 13.3. The van der Waals surface area contributed by atoms with Gasteiger partial charge in [-0.3, -0.25) is 0 Å². The second-order valence-electron chi connectivity index (χ2n) is 6.78. The molecule has 0 aliphatic carbocycles. The van der Waals surface area contributed by atoms with Crippen LogP contribution in [0.4, 0.5) is 0 Å². The first kappa shape index (κ1) is 19.1. The quantitative estimate of drug-likeness (QED) is 0.627. The van der Waals surface area contributed by atoms with Crippen molar-refractivity contribution in [1.29, 1.82) is 0 Å². The molecule has 1 unspecified atom stereocenters. The highest BCUT2D eigenvalue weighted by Gasteiger charge is 2.35. The molecule has 1 aromatic carbocycles. The molecular weight excluding hydrogens is 398 g/mol. The Kier molecular flexibility index (Phi) is 5.22. The zero-order chi connectivity index (χ0) is 19.7. The van der Waals surface area contributed by atoms with Crippen LogP contribution in [0.2, 0.25) is 0 Å². The molecule has 148 valence electrons. The van der Waals surface area contributed by atoms with Crippen LogP contribution in [-0.2, 0) is 10.0 Å². The lowest BCUT2D eigenvalue weighted by Crippen LogP contribution is -2.39. The summed E-state index contributed by atoms with van der Waals surface area (Å²) in [5.41, 5.74) is 0.866.